The number of fused-ring (bicyclic) bond motifs is 1. The lowest BCUT2D eigenvalue weighted by Gasteiger charge is -2.32. The molecule has 0 atom stereocenters. The van der Waals surface area contributed by atoms with Crippen molar-refractivity contribution in [3.63, 3.8) is 0 Å². The Morgan fingerprint density at radius 1 is 1.26 bits per heavy atom. The molecule has 2 aromatic rings. The highest BCUT2D eigenvalue weighted by molar-refractivity contribution is 6.08. The molecule has 3 rings (SSSR count). The molecule has 1 aromatic carbocycles. The molecule has 1 aliphatic rings. The molecule has 0 bridgehead atoms. The van der Waals surface area contributed by atoms with E-state index >= 15 is 0 Å². The van der Waals surface area contributed by atoms with E-state index in [0.717, 1.165) is 24.3 Å². The SMILES string of the molecule is COc1ccc(C)c2c1N(C(=O)c1cnc(C)nc1C)CCC2. The Labute approximate surface area is 136 Å². The minimum absolute atomic E-state index is 0.0626. The lowest BCUT2D eigenvalue weighted by atomic mass is 9.95. The number of aromatic nitrogens is 2. The molecule has 1 amide bonds. The van der Waals surface area contributed by atoms with E-state index < -0.39 is 0 Å². The number of hydrogen-bond acceptors (Lipinski definition) is 4. The number of nitrogens with zero attached hydrogens (tertiary/aromatic N) is 3. The Morgan fingerprint density at radius 2 is 2.04 bits per heavy atom. The van der Waals surface area contributed by atoms with Crippen molar-refractivity contribution in [1.29, 1.82) is 0 Å². The van der Waals surface area contributed by atoms with Crippen LogP contribution in [0.15, 0.2) is 18.3 Å². The number of carbonyl (C=O) groups is 1. The summed E-state index contributed by atoms with van der Waals surface area (Å²) in [5, 5.41) is 0. The van der Waals surface area contributed by atoms with Crippen molar-refractivity contribution < 1.29 is 9.53 Å². The van der Waals surface area contributed by atoms with Gasteiger partial charge in [-0.05, 0) is 50.8 Å². The van der Waals surface area contributed by atoms with Crippen LogP contribution in [0.3, 0.4) is 0 Å². The second-order valence-electron chi connectivity index (χ2n) is 5.89. The van der Waals surface area contributed by atoms with E-state index in [-0.39, 0.29) is 5.91 Å². The lowest BCUT2D eigenvalue weighted by Crippen LogP contribution is -2.36. The Morgan fingerprint density at radius 3 is 2.74 bits per heavy atom. The highest BCUT2D eigenvalue weighted by Gasteiger charge is 2.29. The number of ether oxygens (including phenoxy) is 1. The van der Waals surface area contributed by atoms with Gasteiger partial charge in [0.15, 0.2) is 0 Å². The first kappa shape index (κ1) is 15.5. The number of anilines is 1. The third-order valence-corrected chi connectivity index (χ3v) is 4.35. The molecule has 0 N–H and O–H groups in total. The van der Waals surface area contributed by atoms with Gasteiger partial charge in [0.05, 0.1) is 24.1 Å². The van der Waals surface area contributed by atoms with Crippen LogP contribution in [0.1, 0.15) is 39.4 Å². The monoisotopic (exact) mass is 311 g/mol. The standard InChI is InChI=1S/C18H21N3O2/c1-11-7-8-16(23-4)17-14(11)6-5-9-21(17)18(22)15-10-19-13(3)20-12(15)2/h7-8,10H,5-6,9H2,1-4H3. The zero-order valence-corrected chi connectivity index (χ0v) is 14.0. The predicted molar refractivity (Wildman–Crippen MR) is 89.2 cm³/mol. The van der Waals surface area contributed by atoms with Gasteiger partial charge in [-0.2, -0.15) is 0 Å². The Kier molecular flexibility index (Phi) is 4.03. The summed E-state index contributed by atoms with van der Waals surface area (Å²) in [5.74, 6) is 1.35. The molecule has 2 heterocycles. The number of methoxy groups -OCH3 is 1. The minimum Gasteiger partial charge on any atom is -0.495 e. The van der Waals surface area contributed by atoms with E-state index in [1.165, 1.54) is 11.1 Å². The lowest BCUT2D eigenvalue weighted by molar-refractivity contribution is 0.0983. The van der Waals surface area contributed by atoms with Crippen molar-refractivity contribution in [3.8, 4) is 5.75 Å². The van der Waals surface area contributed by atoms with Gasteiger partial charge in [0.2, 0.25) is 0 Å². The molecule has 0 saturated carbocycles. The molecule has 0 unspecified atom stereocenters. The van der Waals surface area contributed by atoms with Gasteiger partial charge in [0.25, 0.3) is 5.91 Å². The van der Waals surface area contributed by atoms with Gasteiger partial charge >= 0.3 is 0 Å². The zero-order valence-electron chi connectivity index (χ0n) is 14.0. The fourth-order valence-electron chi connectivity index (χ4n) is 3.16. The van der Waals surface area contributed by atoms with Crippen LogP contribution in [0.5, 0.6) is 5.75 Å². The Hall–Kier alpha value is -2.43. The third kappa shape index (κ3) is 2.67. The average molecular weight is 311 g/mol. The molecule has 120 valence electrons. The fourth-order valence-corrected chi connectivity index (χ4v) is 3.16. The molecule has 0 saturated heterocycles. The summed E-state index contributed by atoms with van der Waals surface area (Å²) in [7, 11) is 1.64. The van der Waals surface area contributed by atoms with Gasteiger partial charge in [-0.1, -0.05) is 6.07 Å². The number of rotatable bonds is 2. The number of amides is 1. The van der Waals surface area contributed by atoms with Crippen LogP contribution in [0.4, 0.5) is 5.69 Å². The third-order valence-electron chi connectivity index (χ3n) is 4.35. The maximum atomic E-state index is 13.1. The van der Waals surface area contributed by atoms with E-state index in [1.54, 1.807) is 13.3 Å². The van der Waals surface area contributed by atoms with Crippen molar-refractivity contribution in [2.45, 2.75) is 33.6 Å². The average Bonchev–Trinajstić information content (AvgIpc) is 2.54. The normalized spacial score (nSPS) is 13.7. The van der Waals surface area contributed by atoms with Gasteiger partial charge in [-0.15, -0.1) is 0 Å². The van der Waals surface area contributed by atoms with Gasteiger partial charge < -0.3 is 9.64 Å². The fraction of sp³-hybridized carbons (Fsp3) is 0.389. The predicted octanol–water partition coefficient (Wildman–Crippen LogP) is 3.00. The van der Waals surface area contributed by atoms with E-state index in [1.807, 2.05) is 30.9 Å². The molecule has 1 aromatic heterocycles. The summed E-state index contributed by atoms with van der Waals surface area (Å²) in [4.78, 5) is 23.4. The van der Waals surface area contributed by atoms with Gasteiger partial charge in [-0.25, -0.2) is 9.97 Å². The Balaban J connectivity index is 2.09. The van der Waals surface area contributed by atoms with E-state index in [9.17, 15) is 4.79 Å². The summed E-state index contributed by atoms with van der Waals surface area (Å²) in [6.45, 7) is 6.43. The molecule has 1 aliphatic heterocycles. The van der Waals surface area contributed by atoms with Crippen molar-refractivity contribution in [2.24, 2.45) is 0 Å². The second-order valence-corrected chi connectivity index (χ2v) is 5.89. The highest BCUT2D eigenvalue weighted by Crippen LogP contribution is 2.38. The number of hydrogen-bond donors (Lipinski definition) is 0. The maximum Gasteiger partial charge on any atom is 0.261 e. The molecule has 23 heavy (non-hydrogen) atoms. The summed E-state index contributed by atoms with van der Waals surface area (Å²) < 4.78 is 5.51. The molecule has 0 spiro atoms. The van der Waals surface area contributed by atoms with Gasteiger partial charge in [0, 0.05) is 12.7 Å². The van der Waals surface area contributed by atoms with Crippen LogP contribution in [0, 0.1) is 20.8 Å². The number of aryl methyl sites for hydroxylation is 3. The summed E-state index contributed by atoms with van der Waals surface area (Å²) in [6.07, 6.45) is 3.53. The maximum absolute atomic E-state index is 13.1. The zero-order chi connectivity index (χ0) is 16.6. The molecule has 5 nitrogen and oxygen atoms in total. The first-order valence-electron chi connectivity index (χ1n) is 7.81. The van der Waals surface area contributed by atoms with Gasteiger partial charge in [0.1, 0.15) is 11.6 Å². The first-order chi connectivity index (χ1) is 11.0. The summed E-state index contributed by atoms with van der Waals surface area (Å²) >= 11 is 0. The summed E-state index contributed by atoms with van der Waals surface area (Å²) in [6, 6.07) is 3.98. The van der Waals surface area contributed by atoms with Crippen LogP contribution < -0.4 is 9.64 Å². The highest BCUT2D eigenvalue weighted by atomic mass is 16.5. The van der Waals surface area contributed by atoms with Crippen LogP contribution >= 0.6 is 0 Å². The van der Waals surface area contributed by atoms with E-state index in [4.69, 9.17) is 4.74 Å². The van der Waals surface area contributed by atoms with Crippen molar-refractivity contribution >= 4 is 11.6 Å². The van der Waals surface area contributed by atoms with Crippen LogP contribution in [-0.4, -0.2) is 29.5 Å². The molecule has 0 radical (unpaired) electrons. The molecule has 0 fully saturated rings. The molecule has 5 heteroatoms. The van der Waals surface area contributed by atoms with Gasteiger partial charge in [-0.3, -0.25) is 4.79 Å². The smallest absolute Gasteiger partial charge is 0.261 e. The van der Waals surface area contributed by atoms with E-state index in [0.29, 0.717) is 23.6 Å². The van der Waals surface area contributed by atoms with Crippen molar-refractivity contribution in [2.75, 3.05) is 18.6 Å². The largest absolute Gasteiger partial charge is 0.495 e. The van der Waals surface area contributed by atoms with E-state index in [2.05, 4.69) is 16.9 Å². The van der Waals surface area contributed by atoms with Crippen LogP contribution in [0.2, 0.25) is 0 Å². The number of benzene rings is 1. The minimum atomic E-state index is -0.0626. The quantitative estimate of drug-likeness (QED) is 0.855. The summed E-state index contributed by atoms with van der Waals surface area (Å²) in [5.41, 5.74) is 4.53. The molecule has 0 aliphatic carbocycles. The topological polar surface area (TPSA) is 55.3 Å². The van der Waals surface area contributed by atoms with Crippen LogP contribution in [-0.2, 0) is 6.42 Å². The van der Waals surface area contributed by atoms with Crippen LogP contribution in [0.25, 0.3) is 0 Å². The first-order valence-corrected chi connectivity index (χ1v) is 7.81. The van der Waals surface area contributed by atoms with Crippen molar-refractivity contribution in [3.05, 3.63) is 46.5 Å². The Bertz CT molecular complexity index is 771. The molecular formula is C18H21N3O2. The second kappa shape index (κ2) is 5.99. The number of carbonyl (C=O) groups excluding carboxylic acids is 1. The molecular weight excluding hydrogens is 290 g/mol. The van der Waals surface area contributed by atoms with Crippen molar-refractivity contribution in [1.82, 2.24) is 9.97 Å².